The van der Waals surface area contributed by atoms with E-state index in [1.165, 1.54) is 54.4 Å². The molecular formula is C20H27Cl2Zr-. The molecule has 3 aliphatic carbocycles. The van der Waals surface area contributed by atoms with Crippen LogP contribution in [-0.2, 0) is 24.2 Å². The SMILES string of the molecule is CC1=[C-]C(C)(C2=CC=CC2)C(C)=C1C.[Cl-].[Cl-].[Zr+2]=[C]1CCCCC1. The van der Waals surface area contributed by atoms with E-state index in [1.54, 1.807) is 27.4 Å². The number of hydrogen-bond acceptors (Lipinski definition) is 0. The minimum absolute atomic E-state index is 0. The van der Waals surface area contributed by atoms with Crippen molar-refractivity contribution in [3.05, 3.63) is 46.6 Å². The Balaban J connectivity index is 0.000000463. The van der Waals surface area contributed by atoms with Gasteiger partial charge in [-0.3, -0.25) is 6.08 Å². The van der Waals surface area contributed by atoms with Crippen molar-refractivity contribution in [3.63, 3.8) is 0 Å². The zero-order valence-corrected chi connectivity index (χ0v) is 18.7. The third-order valence-corrected chi connectivity index (χ3v) is 6.41. The van der Waals surface area contributed by atoms with E-state index in [2.05, 4.69) is 52.0 Å². The summed E-state index contributed by atoms with van der Waals surface area (Å²) in [4.78, 5) is 0. The zero-order valence-electron chi connectivity index (χ0n) is 14.7. The maximum absolute atomic E-state index is 3.61. The van der Waals surface area contributed by atoms with Crippen molar-refractivity contribution in [2.75, 3.05) is 0 Å². The van der Waals surface area contributed by atoms with E-state index >= 15 is 0 Å². The third kappa shape index (κ3) is 5.65. The van der Waals surface area contributed by atoms with Gasteiger partial charge < -0.3 is 24.8 Å². The van der Waals surface area contributed by atoms with Gasteiger partial charge in [0, 0.05) is 0 Å². The second kappa shape index (κ2) is 10.3. The van der Waals surface area contributed by atoms with Crippen LogP contribution in [0, 0.1) is 11.5 Å². The number of rotatable bonds is 1. The van der Waals surface area contributed by atoms with E-state index in [9.17, 15) is 0 Å². The van der Waals surface area contributed by atoms with Gasteiger partial charge in [-0.2, -0.15) is 11.1 Å². The molecule has 0 nitrogen and oxygen atoms in total. The van der Waals surface area contributed by atoms with Gasteiger partial charge >= 0.3 is 59.5 Å². The summed E-state index contributed by atoms with van der Waals surface area (Å²) in [6, 6.07) is 0. The quantitative estimate of drug-likeness (QED) is 0.501. The van der Waals surface area contributed by atoms with Gasteiger partial charge in [0.25, 0.3) is 0 Å². The van der Waals surface area contributed by atoms with Crippen LogP contribution in [-0.4, -0.2) is 3.21 Å². The fourth-order valence-corrected chi connectivity index (χ4v) is 4.21. The second-order valence-corrected chi connectivity index (χ2v) is 8.35. The van der Waals surface area contributed by atoms with E-state index in [4.69, 9.17) is 0 Å². The molecule has 0 aromatic carbocycles. The van der Waals surface area contributed by atoms with Crippen molar-refractivity contribution >= 4 is 3.21 Å². The molecule has 1 atom stereocenters. The van der Waals surface area contributed by atoms with Gasteiger partial charge in [0.1, 0.15) is 0 Å². The fraction of sp³-hybridized carbons (Fsp3) is 0.550. The van der Waals surface area contributed by atoms with Crippen LogP contribution in [0.1, 0.15) is 66.2 Å². The summed E-state index contributed by atoms with van der Waals surface area (Å²) in [6.45, 7) is 8.87. The molecule has 3 aliphatic rings. The predicted octanol–water partition coefficient (Wildman–Crippen LogP) is -0.344. The summed E-state index contributed by atoms with van der Waals surface area (Å²) in [5, 5.41) is 0. The summed E-state index contributed by atoms with van der Waals surface area (Å²) in [7, 11) is 0. The van der Waals surface area contributed by atoms with Gasteiger partial charge in [0.15, 0.2) is 0 Å². The first-order chi connectivity index (χ1) is 9.95. The third-order valence-electron chi connectivity index (χ3n) is 5.18. The molecule has 0 aliphatic heterocycles. The monoisotopic (exact) mass is 427 g/mol. The fourth-order valence-electron chi connectivity index (χ4n) is 3.34. The second-order valence-electron chi connectivity index (χ2n) is 6.61. The molecule has 0 heterocycles. The first-order valence-electron chi connectivity index (χ1n) is 8.17. The number of halogens is 2. The van der Waals surface area contributed by atoms with E-state index in [0.29, 0.717) is 0 Å². The predicted molar refractivity (Wildman–Crippen MR) is 88.8 cm³/mol. The summed E-state index contributed by atoms with van der Waals surface area (Å²) < 4.78 is 1.80. The maximum atomic E-state index is 3.61. The van der Waals surface area contributed by atoms with Crippen molar-refractivity contribution in [1.29, 1.82) is 0 Å². The topological polar surface area (TPSA) is 0 Å². The van der Waals surface area contributed by atoms with E-state index < -0.39 is 0 Å². The van der Waals surface area contributed by atoms with Crippen molar-refractivity contribution in [2.45, 2.75) is 66.2 Å². The number of allylic oxidation sites excluding steroid dienone is 8. The van der Waals surface area contributed by atoms with Gasteiger partial charge in [-0.25, -0.2) is 5.57 Å². The molecule has 0 spiro atoms. The molecule has 0 aromatic rings. The Morgan fingerprint density at radius 1 is 1.04 bits per heavy atom. The van der Waals surface area contributed by atoms with E-state index in [1.807, 2.05) is 0 Å². The molecule has 1 fully saturated rings. The van der Waals surface area contributed by atoms with Crippen molar-refractivity contribution in [3.8, 4) is 0 Å². The molecule has 0 aromatic heterocycles. The molecule has 0 radical (unpaired) electrons. The van der Waals surface area contributed by atoms with E-state index in [-0.39, 0.29) is 30.2 Å². The van der Waals surface area contributed by atoms with Crippen LogP contribution in [0.3, 0.4) is 0 Å². The zero-order chi connectivity index (χ0) is 15.5. The molecule has 0 bridgehead atoms. The van der Waals surface area contributed by atoms with Crippen molar-refractivity contribution in [2.24, 2.45) is 5.41 Å². The van der Waals surface area contributed by atoms with Crippen molar-refractivity contribution < 1.29 is 49.0 Å². The van der Waals surface area contributed by atoms with Gasteiger partial charge in [-0.15, -0.1) is 6.92 Å². The Hall–Kier alpha value is 0.293. The van der Waals surface area contributed by atoms with Gasteiger partial charge in [0.05, 0.1) is 0 Å². The average Bonchev–Trinajstić information content (AvgIpc) is 3.07. The van der Waals surface area contributed by atoms with Crippen LogP contribution >= 0.6 is 0 Å². The Bertz CT molecular complexity index is 544. The summed E-state index contributed by atoms with van der Waals surface area (Å²) >= 11 is 1.69. The van der Waals surface area contributed by atoms with Gasteiger partial charge in [-0.1, -0.05) is 50.0 Å². The van der Waals surface area contributed by atoms with Crippen molar-refractivity contribution in [1.82, 2.24) is 0 Å². The first-order valence-corrected chi connectivity index (χ1v) is 9.40. The Morgan fingerprint density at radius 3 is 2.00 bits per heavy atom. The van der Waals surface area contributed by atoms with E-state index in [0.717, 1.165) is 6.42 Å². The Morgan fingerprint density at radius 2 is 1.65 bits per heavy atom. The Kier molecular flexibility index (Phi) is 10.5. The van der Waals surface area contributed by atoms with Gasteiger partial charge in [0.2, 0.25) is 0 Å². The minimum atomic E-state index is 0. The molecule has 0 amide bonds. The van der Waals surface area contributed by atoms with Gasteiger partial charge in [-0.05, 0) is 6.42 Å². The molecule has 3 rings (SSSR count). The summed E-state index contributed by atoms with van der Waals surface area (Å²) in [5.41, 5.74) is 5.74. The molecule has 1 unspecified atom stereocenters. The molecule has 1 saturated carbocycles. The summed E-state index contributed by atoms with van der Waals surface area (Å²) in [6.07, 6.45) is 18.6. The van der Waals surface area contributed by atoms with Crippen LogP contribution in [0.4, 0.5) is 0 Å². The molecule has 126 valence electrons. The molecule has 0 saturated heterocycles. The van der Waals surface area contributed by atoms with Crippen LogP contribution in [0.2, 0.25) is 0 Å². The molecular weight excluding hydrogens is 402 g/mol. The first kappa shape index (κ1) is 23.3. The summed E-state index contributed by atoms with van der Waals surface area (Å²) in [5.74, 6) is 0. The average molecular weight is 430 g/mol. The van der Waals surface area contributed by atoms with Crippen LogP contribution < -0.4 is 24.8 Å². The van der Waals surface area contributed by atoms with Crippen LogP contribution in [0.5, 0.6) is 0 Å². The molecule has 23 heavy (non-hydrogen) atoms. The number of hydrogen-bond donors (Lipinski definition) is 0. The Labute approximate surface area is 169 Å². The standard InChI is InChI=1S/C14H17.C6H10.2ClH.Zr/c1-10-9-14(4,12(3)11(10)2)13-7-5-6-8-13;1-2-4-6-5-3-1;;;/h5-7H,8H2,1-4H3;1-5H2;2*1H;/q-1;;;;+2/p-2. The molecule has 0 N–H and O–H groups in total. The normalized spacial score (nSPS) is 25.9. The molecule has 3 heteroatoms. The van der Waals surface area contributed by atoms with Crippen LogP contribution in [0.25, 0.3) is 0 Å². The van der Waals surface area contributed by atoms with Crippen LogP contribution in [0.15, 0.2) is 40.5 Å².